The van der Waals surface area contributed by atoms with E-state index in [1.54, 1.807) is 11.6 Å². The second kappa shape index (κ2) is 8.83. The summed E-state index contributed by atoms with van der Waals surface area (Å²) >= 11 is 7.64. The van der Waals surface area contributed by atoms with Gasteiger partial charge in [-0.05, 0) is 12.5 Å². The van der Waals surface area contributed by atoms with Crippen molar-refractivity contribution in [1.29, 1.82) is 0 Å². The normalized spacial score (nSPS) is 10.8. The van der Waals surface area contributed by atoms with Crippen molar-refractivity contribution in [3.63, 3.8) is 0 Å². The summed E-state index contributed by atoms with van der Waals surface area (Å²) in [5.41, 5.74) is 3.20. The molecule has 4 rings (SSSR count). The molecule has 31 heavy (non-hydrogen) atoms. The molecule has 1 amide bonds. The second-order valence-electron chi connectivity index (χ2n) is 6.97. The number of nitrogens with zero attached hydrogens (tertiary/aromatic N) is 3. The largest absolute Gasteiger partial charge is 0.298 e. The van der Waals surface area contributed by atoms with E-state index in [4.69, 9.17) is 11.6 Å². The number of rotatable bonds is 6. The van der Waals surface area contributed by atoms with Crippen molar-refractivity contribution in [1.82, 2.24) is 14.8 Å². The Balaban J connectivity index is 1.61. The summed E-state index contributed by atoms with van der Waals surface area (Å²) in [6.07, 6.45) is 0. The molecule has 6 nitrogen and oxygen atoms in total. The molecule has 4 aromatic rings. The molecule has 0 aliphatic rings. The van der Waals surface area contributed by atoms with Gasteiger partial charge in [0, 0.05) is 12.5 Å². The van der Waals surface area contributed by atoms with Gasteiger partial charge < -0.3 is 0 Å². The molecule has 0 aliphatic heterocycles. The number of thiazole rings is 1. The number of carbonyl (C=O) groups excluding carboxylic acids is 2. The van der Waals surface area contributed by atoms with E-state index >= 15 is 0 Å². The van der Waals surface area contributed by atoms with Crippen LogP contribution in [0.4, 0.5) is 5.13 Å². The van der Waals surface area contributed by atoms with Crippen LogP contribution < -0.4 is 5.32 Å². The van der Waals surface area contributed by atoms with E-state index in [0.29, 0.717) is 33.5 Å². The highest BCUT2D eigenvalue weighted by atomic mass is 35.5. The van der Waals surface area contributed by atoms with Crippen LogP contribution in [0.3, 0.4) is 0 Å². The van der Waals surface area contributed by atoms with Crippen molar-refractivity contribution >= 4 is 39.8 Å². The van der Waals surface area contributed by atoms with Gasteiger partial charge in [-0.25, -0.2) is 9.67 Å². The molecule has 2 aromatic heterocycles. The summed E-state index contributed by atoms with van der Waals surface area (Å²) in [5, 5.41) is 7.79. The van der Waals surface area contributed by atoms with Gasteiger partial charge in [-0.1, -0.05) is 83.6 Å². The lowest BCUT2D eigenvalue weighted by molar-refractivity contribution is 0.101. The lowest BCUT2D eigenvalue weighted by Gasteiger charge is -2.04. The standard InChI is InChI=1S/C23H19ClN4O2S/c1-14-18(21(24)28(27-14)13-16-9-5-3-6-10-16)22(30)26-23-25-19(20(31-23)15(2)29)17-11-7-4-8-12-17/h3-12H,13H2,1-2H3,(H,25,26,30). The molecule has 0 fully saturated rings. The average molecular weight is 451 g/mol. The van der Waals surface area contributed by atoms with Crippen molar-refractivity contribution < 1.29 is 9.59 Å². The molecule has 0 bridgehead atoms. The SMILES string of the molecule is CC(=O)c1sc(NC(=O)c2c(C)nn(Cc3ccccc3)c2Cl)nc1-c1ccccc1. The predicted molar refractivity (Wildman–Crippen MR) is 123 cm³/mol. The fourth-order valence-corrected chi connectivity index (χ4v) is 4.43. The van der Waals surface area contributed by atoms with E-state index in [0.717, 1.165) is 22.5 Å². The Labute approximate surface area is 188 Å². The van der Waals surface area contributed by atoms with Crippen molar-refractivity contribution in [3.05, 3.63) is 87.5 Å². The number of nitrogens with one attached hydrogen (secondary N) is 1. The Bertz CT molecular complexity index is 1250. The minimum absolute atomic E-state index is 0.109. The molecule has 0 radical (unpaired) electrons. The first-order valence-electron chi connectivity index (χ1n) is 9.59. The first kappa shape index (κ1) is 21.0. The first-order valence-corrected chi connectivity index (χ1v) is 10.8. The molecule has 8 heteroatoms. The highest BCUT2D eigenvalue weighted by Crippen LogP contribution is 2.32. The average Bonchev–Trinajstić information content (AvgIpc) is 3.30. The molecule has 1 N–H and O–H groups in total. The zero-order chi connectivity index (χ0) is 22.0. The Morgan fingerprint density at radius 1 is 1.06 bits per heavy atom. The quantitative estimate of drug-likeness (QED) is 0.395. The first-order chi connectivity index (χ1) is 14.9. The summed E-state index contributed by atoms with van der Waals surface area (Å²) in [7, 11) is 0. The van der Waals surface area contributed by atoms with E-state index in [2.05, 4.69) is 15.4 Å². The van der Waals surface area contributed by atoms with Crippen molar-refractivity contribution in [2.24, 2.45) is 0 Å². The summed E-state index contributed by atoms with van der Waals surface area (Å²) in [5.74, 6) is -0.521. The van der Waals surface area contributed by atoms with Gasteiger partial charge in [-0.15, -0.1) is 0 Å². The number of anilines is 1. The summed E-state index contributed by atoms with van der Waals surface area (Å²) in [4.78, 5) is 30.1. The van der Waals surface area contributed by atoms with Gasteiger partial charge >= 0.3 is 0 Å². The fourth-order valence-electron chi connectivity index (χ4n) is 3.24. The Hall–Kier alpha value is -3.29. The topological polar surface area (TPSA) is 76.9 Å². The summed E-state index contributed by atoms with van der Waals surface area (Å²) < 4.78 is 1.60. The van der Waals surface area contributed by atoms with Gasteiger partial charge in [0.05, 0.1) is 28.4 Å². The third-order valence-corrected chi connectivity index (χ3v) is 6.14. The smallest absolute Gasteiger partial charge is 0.262 e. The van der Waals surface area contributed by atoms with Crippen LogP contribution in [0, 0.1) is 6.92 Å². The number of halogens is 1. The molecule has 0 spiro atoms. The van der Waals surface area contributed by atoms with Crippen LogP contribution in [0.2, 0.25) is 5.15 Å². The zero-order valence-electron chi connectivity index (χ0n) is 16.9. The Morgan fingerprint density at radius 3 is 2.35 bits per heavy atom. The van der Waals surface area contributed by atoms with E-state index in [9.17, 15) is 9.59 Å². The zero-order valence-corrected chi connectivity index (χ0v) is 18.5. The number of aromatic nitrogens is 3. The van der Waals surface area contributed by atoms with E-state index in [1.165, 1.54) is 6.92 Å². The minimum Gasteiger partial charge on any atom is -0.298 e. The number of amides is 1. The van der Waals surface area contributed by atoms with Crippen molar-refractivity contribution in [2.45, 2.75) is 20.4 Å². The van der Waals surface area contributed by atoms with Gasteiger partial charge in [0.25, 0.3) is 5.91 Å². The minimum atomic E-state index is -0.412. The van der Waals surface area contributed by atoms with Crippen LogP contribution in [0.1, 0.15) is 38.2 Å². The van der Waals surface area contributed by atoms with E-state index in [-0.39, 0.29) is 10.9 Å². The van der Waals surface area contributed by atoms with Gasteiger partial charge in [0.1, 0.15) is 5.15 Å². The maximum atomic E-state index is 13.0. The number of hydrogen-bond acceptors (Lipinski definition) is 5. The van der Waals surface area contributed by atoms with Crippen LogP contribution in [0.15, 0.2) is 60.7 Å². The molecular formula is C23H19ClN4O2S. The number of benzene rings is 2. The van der Waals surface area contributed by atoms with Crippen molar-refractivity contribution in [3.8, 4) is 11.3 Å². The van der Waals surface area contributed by atoms with Crippen LogP contribution in [-0.2, 0) is 6.54 Å². The molecule has 0 saturated carbocycles. The highest BCUT2D eigenvalue weighted by molar-refractivity contribution is 7.18. The lowest BCUT2D eigenvalue weighted by atomic mass is 10.1. The predicted octanol–water partition coefficient (Wildman–Crippen LogP) is 5.47. The highest BCUT2D eigenvalue weighted by Gasteiger charge is 2.23. The van der Waals surface area contributed by atoms with Gasteiger partial charge in [-0.3, -0.25) is 14.9 Å². The fraction of sp³-hybridized carbons (Fsp3) is 0.130. The number of Topliss-reactive ketones (excluding diaryl/α,β-unsaturated/α-hetero) is 1. The molecule has 0 atom stereocenters. The molecule has 156 valence electrons. The van der Waals surface area contributed by atoms with Gasteiger partial charge in [0.2, 0.25) is 0 Å². The molecule has 0 aliphatic carbocycles. The van der Waals surface area contributed by atoms with Crippen LogP contribution in [-0.4, -0.2) is 26.5 Å². The maximum Gasteiger partial charge on any atom is 0.262 e. The van der Waals surface area contributed by atoms with Gasteiger partial charge in [0.15, 0.2) is 10.9 Å². The lowest BCUT2D eigenvalue weighted by Crippen LogP contribution is -2.13. The number of aryl methyl sites for hydroxylation is 1. The summed E-state index contributed by atoms with van der Waals surface area (Å²) in [6, 6.07) is 19.1. The Morgan fingerprint density at radius 2 is 1.71 bits per heavy atom. The van der Waals surface area contributed by atoms with E-state index < -0.39 is 5.91 Å². The Kier molecular flexibility index (Phi) is 5.97. The second-order valence-corrected chi connectivity index (χ2v) is 8.32. The molecule has 2 heterocycles. The number of carbonyl (C=O) groups is 2. The van der Waals surface area contributed by atoms with Crippen molar-refractivity contribution in [2.75, 3.05) is 5.32 Å². The number of hydrogen-bond donors (Lipinski definition) is 1. The monoisotopic (exact) mass is 450 g/mol. The molecule has 2 aromatic carbocycles. The maximum absolute atomic E-state index is 13.0. The molecule has 0 unspecified atom stereocenters. The summed E-state index contributed by atoms with van der Waals surface area (Å²) in [6.45, 7) is 3.68. The third kappa shape index (κ3) is 4.42. The number of ketones is 1. The van der Waals surface area contributed by atoms with Crippen LogP contribution >= 0.6 is 22.9 Å². The van der Waals surface area contributed by atoms with Crippen LogP contribution in [0.25, 0.3) is 11.3 Å². The van der Waals surface area contributed by atoms with E-state index in [1.807, 2.05) is 60.7 Å². The molecular weight excluding hydrogens is 432 g/mol. The molecule has 0 saturated heterocycles. The van der Waals surface area contributed by atoms with Crippen LogP contribution in [0.5, 0.6) is 0 Å². The third-order valence-electron chi connectivity index (χ3n) is 4.68. The van der Waals surface area contributed by atoms with Gasteiger partial charge in [-0.2, -0.15) is 5.10 Å².